The minimum atomic E-state index is -1.17. The topological polar surface area (TPSA) is 24.7 Å². The number of nitrogens with zero attached hydrogens (tertiary/aromatic N) is 2. The molecule has 0 spiro atoms. The molecule has 0 fully saturated rings. The third kappa shape index (κ3) is 22.1. The molecule has 0 N–H and O–H groups in total. The molecule has 12 aromatic rings. The smallest absolute Gasteiger partial charge is 0.102 e. The molecule has 0 saturated carbocycles. The number of hydrogen-bond donors (Lipinski definition) is 0. The van der Waals surface area contributed by atoms with Gasteiger partial charge in [0.1, 0.15) is 63.7 Å². The van der Waals surface area contributed by atoms with Crippen LogP contribution in [0.25, 0.3) is 0 Å². The van der Waals surface area contributed by atoms with Crippen LogP contribution in [-0.4, -0.2) is 25.5 Å². The molecule has 0 unspecified atom stereocenters. The average molecular weight is 1560 g/mol. The molecule has 0 amide bonds. The van der Waals surface area contributed by atoms with Gasteiger partial charge in [-0.1, -0.05) is 206 Å². The summed E-state index contributed by atoms with van der Waals surface area (Å²) in [7, 11) is 14.9. The molecule has 0 aliphatic carbocycles. The molecular weight excluding hydrogens is 1480 g/mol. The normalized spacial score (nSPS) is 11.1. The molecule has 0 aliphatic heterocycles. The molecule has 2 nitrogen and oxygen atoms in total. The van der Waals surface area contributed by atoms with Crippen LogP contribution < -0.4 is 63.7 Å². The molecule has 0 radical (unpaired) electrons. The fourth-order valence-electron chi connectivity index (χ4n) is 11.5. The van der Waals surface area contributed by atoms with Crippen LogP contribution in [0.1, 0.15) is 35.1 Å². The van der Waals surface area contributed by atoms with Gasteiger partial charge in [0, 0.05) is 23.6 Å². The van der Waals surface area contributed by atoms with E-state index in [9.17, 15) is 0 Å². The summed E-state index contributed by atoms with van der Waals surface area (Å²) in [5.41, 5.74) is 5.28. The molecule has 0 aliphatic rings. The van der Waals surface area contributed by atoms with E-state index in [0.717, 1.165) is 25.7 Å². The summed E-state index contributed by atoms with van der Waals surface area (Å²) in [6.07, 6.45) is 13.2. The zero-order valence-electron chi connectivity index (χ0n) is 52.0. The maximum absolute atomic E-state index is 4.85. The van der Waals surface area contributed by atoms with Crippen LogP contribution in [-0.2, 0) is 43.1 Å². The van der Waals surface area contributed by atoms with Gasteiger partial charge in [-0.05, 0) is 145 Å². The van der Waals surface area contributed by atoms with Gasteiger partial charge in [0.15, 0.2) is 0 Å². The van der Waals surface area contributed by atoms with E-state index in [2.05, 4.69) is 353 Å². The monoisotopic (exact) mass is 1560 g/mol. The standard InChI is InChI=1S/C42H38P2.C40H34N2P2.4ClH.2Ru/c1(7-21-35-23-17-19-33-41(35)43(37-25-9-3-10-26-37)38-27-11-4-12-28-38)2-8-22-36-24-18-20-34-42(36)44(39-29-13-5-14-30-39)40-31-15-6-16-32-40;1-5-19-35(20-6-1)43(36-21-7-2-8-22-36)39-27-15-13-17-33(39)31-41-29-30-42-32-34-18-14-16-28-40(34)44(37-23-9-3-10-24-37)38-25-11-4-12-26-38;;;;;;/h3-20,23-34H,1-2,21-22H2;1-28,31-32H,29-30H2;4*1H;;/q-2;;;;;;+2;+4. The van der Waals surface area contributed by atoms with Gasteiger partial charge in [-0.25, -0.2) is 12.8 Å². The first-order valence-electron chi connectivity index (χ1n) is 31.2. The molecule has 474 valence electrons. The van der Waals surface area contributed by atoms with Crippen molar-refractivity contribution in [3.05, 3.63) is 375 Å². The van der Waals surface area contributed by atoms with Gasteiger partial charge in [0.25, 0.3) is 0 Å². The van der Waals surface area contributed by atoms with Crippen LogP contribution in [0.3, 0.4) is 0 Å². The average Bonchev–Trinajstić information content (AvgIpc) is 1.20. The first-order chi connectivity index (χ1) is 46.6. The molecular formula is C82H76Cl4N2P4Ru2+4. The first-order valence-corrected chi connectivity index (χ1v) is 46.1. The predicted octanol–water partition coefficient (Wildman–Crippen LogP) is 16.6. The van der Waals surface area contributed by atoms with E-state index in [1.165, 1.54) is 85.9 Å². The van der Waals surface area contributed by atoms with Crippen LogP contribution in [0.4, 0.5) is 0 Å². The number of aliphatic imine (C=N–C) groups is 2. The Balaban J connectivity index is 0.000000204. The molecule has 0 aromatic heterocycles. The van der Waals surface area contributed by atoms with Crippen LogP contribution in [0.2, 0.25) is 0 Å². The summed E-state index contributed by atoms with van der Waals surface area (Å²) in [6.45, 7) is 1.28. The van der Waals surface area contributed by atoms with E-state index in [-0.39, 0.29) is 30.3 Å². The Bertz CT molecular complexity index is 3690. The fraction of sp³-hybridized carbons (Fsp3) is 0.0732. The maximum atomic E-state index is 4.85. The Morgan fingerprint density at radius 2 is 0.479 bits per heavy atom. The second-order valence-corrected chi connectivity index (χ2v) is 36.7. The summed E-state index contributed by atoms with van der Waals surface area (Å²) < 4.78 is 0. The van der Waals surface area contributed by atoms with E-state index >= 15 is 0 Å². The number of halogens is 4. The predicted molar refractivity (Wildman–Crippen MR) is 420 cm³/mol. The maximum Gasteiger partial charge on any atom is 0.102 e. The minimum absolute atomic E-state index is 0.346. The molecule has 0 bridgehead atoms. The van der Waals surface area contributed by atoms with Crippen molar-refractivity contribution in [2.75, 3.05) is 13.1 Å². The van der Waals surface area contributed by atoms with E-state index in [1.54, 1.807) is 0 Å². The van der Waals surface area contributed by atoms with Gasteiger partial charge in [-0.3, -0.25) is 9.98 Å². The first kappa shape index (κ1) is 72.4. The molecule has 12 aromatic carbocycles. The second kappa shape index (κ2) is 41.9. The Labute approximate surface area is 594 Å². The Morgan fingerprint density at radius 1 is 0.287 bits per heavy atom. The van der Waals surface area contributed by atoms with Gasteiger partial charge in [0.05, 0.1) is 44.8 Å². The number of unbranched alkanes of at least 4 members (excludes halogenated alkanes) is 3. The van der Waals surface area contributed by atoms with E-state index in [1.807, 2.05) is 12.4 Å². The third-order valence-corrected chi connectivity index (χ3v) is 27.0. The fourth-order valence-corrected chi connectivity index (χ4v) is 22.5. The van der Waals surface area contributed by atoms with Crippen molar-refractivity contribution in [2.45, 2.75) is 25.7 Å². The van der Waals surface area contributed by atoms with Crippen molar-refractivity contribution in [1.29, 1.82) is 0 Å². The zero-order chi connectivity index (χ0) is 65.0. The van der Waals surface area contributed by atoms with Crippen molar-refractivity contribution in [3.8, 4) is 0 Å². The van der Waals surface area contributed by atoms with Crippen molar-refractivity contribution >= 4 is 147 Å². The van der Waals surface area contributed by atoms with Gasteiger partial charge in [-0.15, -0.1) is 12.8 Å². The summed E-state index contributed by atoms with van der Waals surface area (Å²) in [5, 5.41) is 17.0. The van der Waals surface area contributed by atoms with E-state index < -0.39 is 31.7 Å². The summed E-state index contributed by atoms with van der Waals surface area (Å²) >= 11 is -0.691. The third-order valence-electron chi connectivity index (χ3n) is 15.7. The van der Waals surface area contributed by atoms with E-state index in [0.29, 0.717) is 13.1 Å². The summed E-state index contributed by atoms with van der Waals surface area (Å²) in [5.74, 6) is 0. The van der Waals surface area contributed by atoms with Gasteiger partial charge in [-0.2, -0.15) is 0 Å². The van der Waals surface area contributed by atoms with Crippen LogP contribution in [0.5, 0.6) is 0 Å². The molecule has 0 atom stereocenters. The summed E-state index contributed by atoms with van der Waals surface area (Å²) in [4.78, 5) is 9.68. The van der Waals surface area contributed by atoms with E-state index in [4.69, 9.17) is 48.7 Å². The molecule has 0 heterocycles. The number of hydrogen-bond acceptors (Lipinski definition) is 2. The van der Waals surface area contributed by atoms with Gasteiger partial charge >= 0.3 is 69.1 Å². The van der Waals surface area contributed by atoms with Crippen LogP contribution >= 0.6 is 70.5 Å². The Hall–Kier alpha value is -5.89. The molecule has 0 saturated heterocycles. The van der Waals surface area contributed by atoms with Gasteiger partial charge < -0.3 is 12.8 Å². The van der Waals surface area contributed by atoms with Crippen molar-refractivity contribution in [2.24, 2.45) is 9.98 Å². The Kier molecular flexibility index (Phi) is 32.3. The molecule has 12 rings (SSSR count). The zero-order valence-corrected chi connectivity index (χ0v) is 62.5. The SMILES string of the molecule is C(=NCCN=Cc1ccccc1[PH+](c1ccccc1)c1ccccc1)c1ccccc1[PH+](c1ccccc1)c1ccccc1.[Cl][Ru+2][Cl].[Cl][Ru][Cl].c1ccc([PH+](c2ccccc2)c2ccccc2C[CH-]CC[CH-]Cc2ccccc2[PH+](c2ccccc2)c2ccccc2)cc1. The van der Waals surface area contributed by atoms with Crippen molar-refractivity contribution in [1.82, 2.24) is 0 Å². The van der Waals surface area contributed by atoms with Crippen molar-refractivity contribution in [3.63, 3.8) is 0 Å². The Morgan fingerprint density at radius 3 is 0.723 bits per heavy atom. The number of benzene rings is 12. The summed E-state index contributed by atoms with van der Waals surface area (Å²) in [6, 6.07) is 123. The number of rotatable bonds is 24. The van der Waals surface area contributed by atoms with Crippen LogP contribution in [0.15, 0.2) is 350 Å². The van der Waals surface area contributed by atoms with Crippen LogP contribution in [0, 0.1) is 12.8 Å². The second-order valence-electron chi connectivity index (χ2n) is 21.7. The minimum Gasteiger partial charge on any atom is -0.327 e. The molecule has 94 heavy (non-hydrogen) atoms. The molecule has 12 heteroatoms. The quantitative estimate of drug-likeness (QED) is 0.0189. The largest absolute Gasteiger partial charge is 0.327 e. The van der Waals surface area contributed by atoms with Gasteiger partial charge in [0.2, 0.25) is 0 Å². The van der Waals surface area contributed by atoms with Crippen molar-refractivity contribution < 1.29 is 30.3 Å².